The largest absolute Gasteiger partial charge is 0.444 e. The molecule has 0 unspecified atom stereocenters. The van der Waals surface area contributed by atoms with Crippen LogP contribution in [0.25, 0.3) is 0 Å². The lowest BCUT2D eigenvalue weighted by Gasteiger charge is -2.32. The lowest BCUT2D eigenvalue weighted by atomic mass is 10.1. The fourth-order valence-corrected chi connectivity index (χ4v) is 3.60. The average Bonchev–Trinajstić information content (AvgIpc) is 3.10. The molecule has 1 aliphatic rings. The Balaban J connectivity index is 1.85. The van der Waals surface area contributed by atoms with E-state index in [0.717, 1.165) is 38.2 Å². The SMILES string of the molecule is Cc1cc(C)n(C[C@H](C)CN[C@@H](C)[C@H]2CCCN2C(=O)OC(C)(C)C)n1. The normalized spacial score (nSPS) is 20.3. The molecule has 1 fully saturated rings. The van der Waals surface area contributed by atoms with Crippen LogP contribution in [-0.4, -0.2) is 51.5 Å². The molecule has 1 saturated heterocycles. The van der Waals surface area contributed by atoms with E-state index in [2.05, 4.69) is 41.9 Å². The minimum Gasteiger partial charge on any atom is -0.444 e. The number of nitrogens with zero attached hydrogens (tertiary/aromatic N) is 3. The second-order valence-corrected chi connectivity index (χ2v) is 8.79. The summed E-state index contributed by atoms with van der Waals surface area (Å²) < 4.78 is 7.65. The van der Waals surface area contributed by atoms with Gasteiger partial charge in [0, 0.05) is 24.8 Å². The number of ether oxygens (including phenoxy) is 1. The van der Waals surface area contributed by atoms with Crippen LogP contribution in [0.15, 0.2) is 6.07 Å². The number of likely N-dealkylation sites (tertiary alicyclic amines) is 1. The molecule has 2 heterocycles. The van der Waals surface area contributed by atoms with Crippen LogP contribution >= 0.6 is 0 Å². The number of carbonyl (C=O) groups excluding carboxylic acids is 1. The molecule has 0 bridgehead atoms. The Morgan fingerprint density at radius 3 is 2.65 bits per heavy atom. The molecule has 148 valence electrons. The first-order chi connectivity index (χ1) is 12.1. The van der Waals surface area contributed by atoms with Crippen molar-refractivity contribution in [1.82, 2.24) is 20.0 Å². The van der Waals surface area contributed by atoms with Crippen LogP contribution in [0, 0.1) is 19.8 Å². The van der Waals surface area contributed by atoms with Gasteiger partial charge in [-0.05, 0) is 72.9 Å². The lowest BCUT2D eigenvalue weighted by Crippen LogP contribution is -2.49. The molecule has 2 rings (SSSR count). The second kappa shape index (κ2) is 8.42. The van der Waals surface area contributed by atoms with Crippen LogP contribution < -0.4 is 5.32 Å². The highest BCUT2D eigenvalue weighted by molar-refractivity contribution is 5.69. The van der Waals surface area contributed by atoms with Gasteiger partial charge in [0.15, 0.2) is 0 Å². The fraction of sp³-hybridized carbons (Fsp3) is 0.800. The first-order valence-corrected chi connectivity index (χ1v) is 9.81. The van der Waals surface area contributed by atoms with Gasteiger partial charge in [0.05, 0.1) is 11.7 Å². The molecule has 0 spiro atoms. The van der Waals surface area contributed by atoms with E-state index in [0.29, 0.717) is 5.92 Å². The van der Waals surface area contributed by atoms with Crippen molar-refractivity contribution in [3.63, 3.8) is 0 Å². The monoisotopic (exact) mass is 364 g/mol. The molecule has 1 aromatic heterocycles. The minimum absolute atomic E-state index is 0.190. The van der Waals surface area contributed by atoms with E-state index < -0.39 is 5.60 Å². The summed E-state index contributed by atoms with van der Waals surface area (Å²) in [7, 11) is 0. The summed E-state index contributed by atoms with van der Waals surface area (Å²) in [6.45, 7) is 16.9. The van der Waals surface area contributed by atoms with Crippen LogP contribution in [-0.2, 0) is 11.3 Å². The molecule has 6 heteroatoms. The van der Waals surface area contributed by atoms with Gasteiger partial charge in [-0.25, -0.2) is 4.79 Å². The predicted molar refractivity (Wildman–Crippen MR) is 104 cm³/mol. The van der Waals surface area contributed by atoms with Crippen molar-refractivity contribution < 1.29 is 9.53 Å². The number of aryl methyl sites for hydroxylation is 2. The third-order valence-corrected chi connectivity index (χ3v) is 4.88. The van der Waals surface area contributed by atoms with E-state index in [9.17, 15) is 4.79 Å². The number of hydrogen-bond donors (Lipinski definition) is 1. The first kappa shape index (κ1) is 20.7. The molecule has 0 radical (unpaired) electrons. The summed E-state index contributed by atoms with van der Waals surface area (Å²) in [4.78, 5) is 14.4. The maximum absolute atomic E-state index is 12.5. The summed E-state index contributed by atoms with van der Waals surface area (Å²) in [6, 6.07) is 2.55. The molecule has 0 aromatic carbocycles. The highest BCUT2D eigenvalue weighted by Gasteiger charge is 2.35. The van der Waals surface area contributed by atoms with Crippen molar-refractivity contribution in [2.75, 3.05) is 13.1 Å². The zero-order valence-corrected chi connectivity index (χ0v) is 17.5. The van der Waals surface area contributed by atoms with Gasteiger partial charge in [-0.2, -0.15) is 5.10 Å². The van der Waals surface area contributed by atoms with E-state index in [1.54, 1.807) is 0 Å². The molecule has 6 nitrogen and oxygen atoms in total. The van der Waals surface area contributed by atoms with Gasteiger partial charge in [-0.15, -0.1) is 0 Å². The Kier molecular flexibility index (Phi) is 6.72. The molecule has 0 saturated carbocycles. The summed E-state index contributed by atoms with van der Waals surface area (Å²) >= 11 is 0. The van der Waals surface area contributed by atoms with Crippen molar-refractivity contribution in [2.24, 2.45) is 5.92 Å². The van der Waals surface area contributed by atoms with E-state index in [1.165, 1.54) is 5.69 Å². The maximum atomic E-state index is 12.5. The van der Waals surface area contributed by atoms with Gasteiger partial charge in [0.1, 0.15) is 5.60 Å². The molecular formula is C20H36N4O2. The van der Waals surface area contributed by atoms with Gasteiger partial charge in [0.2, 0.25) is 0 Å². The molecule has 1 N–H and O–H groups in total. The smallest absolute Gasteiger partial charge is 0.410 e. The van der Waals surface area contributed by atoms with Gasteiger partial charge in [-0.3, -0.25) is 4.68 Å². The summed E-state index contributed by atoms with van der Waals surface area (Å²) in [5.41, 5.74) is 1.82. The third-order valence-electron chi connectivity index (χ3n) is 4.88. The Hall–Kier alpha value is -1.56. The molecule has 1 amide bonds. The van der Waals surface area contributed by atoms with Crippen LogP contribution in [0.2, 0.25) is 0 Å². The molecule has 3 atom stereocenters. The molecular weight excluding hydrogens is 328 g/mol. The van der Waals surface area contributed by atoms with E-state index in [-0.39, 0.29) is 18.2 Å². The Bertz CT molecular complexity index is 605. The molecule has 1 aliphatic heterocycles. The number of carbonyl (C=O) groups is 1. The van der Waals surface area contributed by atoms with E-state index >= 15 is 0 Å². The number of rotatable bonds is 6. The molecule has 0 aliphatic carbocycles. The highest BCUT2D eigenvalue weighted by atomic mass is 16.6. The maximum Gasteiger partial charge on any atom is 0.410 e. The fourth-order valence-electron chi connectivity index (χ4n) is 3.60. The third kappa shape index (κ3) is 5.73. The predicted octanol–water partition coefficient (Wildman–Crippen LogP) is 3.51. The lowest BCUT2D eigenvalue weighted by molar-refractivity contribution is 0.0200. The number of nitrogens with one attached hydrogen (secondary N) is 1. The Labute approximate surface area is 158 Å². The Morgan fingerprint density at radius 1 is 1.38 bits per heavy atom. The van der Waals surface area contributed by atoms with Gasteiger partial charge in [0.25, 0.3) is 0 Å². The summed E-state index contributed by atoms with van der Waals surface area (Å²) in [5, 5.41) is 8.17. The highest BCUT2D eigenvalue weighted by Crippen LogP contribution is 2.23. The van der Waals surface area contributed by atoms with Crippen molar-refractivity contribution >= 4 is 6.09 Å². The van der Waals surface area contributed by atoms with Crippen LogP contribution in [0.4, 0.5) is 4.79 Å². The topological polar surface area (TPSA) is 59.4 Å². The Morgan fingerprint density at radius 2 is 2.08 bits per heavy atom. The van der Waals surface area contributed by atoms with E-state index in [1.807, 2.05) is 32.6 Å². The van der Waals surface area contributed by atoms with E-state index in [4.69, 9.17) is 4.74 Å². The van der Waals surface area contributed by atoms with Crippen molar-refractivity contribution in [1.29, 1.82) is 0 Å². The van der Waals surface area contributed by atoms with Gasteiger partial charge >= 0.3 is 6.09 Å². The number of hydrogen-bond acceptors (Lipinski definition) is 4. The van der Waals surface area contributed by atoms with Crippen LogP contribution in [0.5, 0.6) is 0 Å². The zero-order valence-electron chi connectivity index (χ0n) is 17.5. The summed E-state index contributed by atoms with van der Waals surface area (Å²) in [5.74, 6) is 0.465. The zero-order chi connectivity index (χ0) is 19.5. The number of amides is 1. The van der Waals surface area contributed by atoms with Crippen molar-refractivity contribution in [2.45, 2.75) is 85.5 Å². The van der Waals surface area contributed by atoms with Crippen LogP contribution in [0.1, 0.15) is 58.8 Å². The quantitative estimate of drug-likeness (QED) is 0.839. The molecule has 26 heavy (non-hydrogen) atoms. The summed E-state index contributed by atoms with van der Waals surface area (Å²) in [6.07, 6.45) is 1.88. The minimum atomic E-state index is -0.449. The average molecular weight is 365 g/mol. The van der Waals surface area contributed by atoms with Crippen molar-refractivity contribution in [3.8, 4) is 0 Å². The second-order valence-electron chi connectivity index (χ2n) is 8.79. The van der Waals surface area contributed by atoms with Gasteiger partial charge < -0.3 is 15.0 Å². The standard InChI is InChI=1S/C20H36N4O2/c1-14(13-24-16(3)11-15(2)22-24)12-21-17(4)18-9-8-10-23(18)19(25)26-20(5,6)7/h11,14,17-18,21H,8-10,12-13H2,1-7H3/t14-,17+,18-/m1/s1. The number of aromatic nitrogens is 2. The van der Waals surface area contributed by atoms with Crippen molar-refractivity contribution in [3.05, 3.63) is 17.5 Å². The van der Waals surface area contributed by atoms with Gasteiger partial charge in [-0.1, -0.05) is 6.92 Å². The first-order valence-electron chi connectivity index (χ1n) is 9.81. The molecule has 1 aromatic rings. The van der Waals surface area contributed by atoms with Crippen LogP contribution in [0.3, 0.4) is 0 Å².